The molecule has 1 rings (SSSR count). The number of sulfonamides is 1. The minimum Gasteiger partial charge on any atom is -0.336 e. The molecule has 0 aliphatic carbocycles. The van der Waals surface area contributed by atoms with E-state index in [1.54, 1.807) is 19.1 Å². The Bertz CT molecular complexity index is 582. The number of carbonyl (C=O) groups excluding carboxylic acids is 1. The summed E-state index contributed by atoms with van der Waals surface area (Å²) in [7, 11) is -4.87. The van der Waals surface area contributed by atoms with Crippen molar-refractivity contribution in [2.24, 2.45) is 0 Å². The van der Waals surface area contributed by atoms with Crippen molar-refractivity contribution in [2.45, 2.75) is 18.7 Å². The second-order valence-corrected chi connectivity index (χ2v) is 7.65. The molecule has 1 aromatic carbocycles. The first kappa shape index (κ1) is 16.6. The van der Waals surface area contributed by atoms with E-state index in [0.29, 0.717) is 11.5 Å². The van der Waals surface area contributed by atoms with Crippen molar-refractivity contribution in [2.75, 3.05) is 18.1 Å². The second kappa shape index (κ2) is 7.39. The number of amides is 2. The lowest BCUT2D eigenvalue weighted by Gasteiger charge is -2.08. The van der Waals surface area contributed by atoms with Gasteiger partial charge in [0.05, 0.1) is 4.90 Å². The molecular formula is C12H18N2O4S2. The lowest BCUT2D eigenvalue weighted by Crippen LogP contribution is -2.40. The average molecular weight is 318 g/mol. The number of nitrogens with one attached hydrogen (secondary N) is 2. The largest absolute Gasteiger partial charge is 0.336 e. The normalized spacial score (nSPS) is 12.7. The van der Waals surface area contributed by atoms with Gasteiger partial charge < -0.3 is 5.32 Å². The summed E-state index contributed by atoms with van der Waals surface area (Å²) in [6.07, 6.45) is 0. The molecule has 1 atom stereocenters. The summed E-state index contributed by atoms with van der Waals surface area (Å²) >= 11 is 0. The number of aryl methyl sites for hydroxylation is 1. The van der Waals surface area contributed by atoms with Gasteiger partial charge in [-0.15, -0.1) is 0 Å². The molecule has 6 nitrogen and oxygen atoms in total. The summed E-state index contributed by atoms with van der Waals surface area (Å²) in [5.41, 5.74) is 0.926. The van der Waals surface area contributed by atoms with E-state index in [1.165, 1.54) is 12.1 Å². The standard InChI is InChI=1S/C12H18N2O4S2/c1-3-19(16)9-8-13-12(15)14-20(17,18)11-6-4-10(2)5-7-11/h4-7H,3,8-9H2,1-2H3,(H2,13,14,15). The van der Waals surface area contributed by atoms with Crippen LogP contribution in [0.3, 0.4) is 0 Å². The highest BCUT2D eigenvalue weighted by atomic mass is 32.2. The van der Waals surface area contributed by atoms with Gasteiger partial charge in [-0.2, -0.15) is 0 Å². The van der Waals surface area contributed by atoms with Crippen LogP contribution in [0.1, 0.15) is 12.5 Å². The van der Waals surface area contributed by atoms with Crippen LogP contribution in [-0.4, -0.2) is 36.7 Å². The van der Waals surface area contributed by atoms with Crippen LogP contribution in [-0.2, 0) is 20.8 Å². The van der Waals surface area contributed by atoms with Gasteiger partial charge >= 0.3 is 6.03 Å². The van der Waals surface area contributed by atoms with Gasteiger partial charge in [0.15, 0.2) is 0 Å². The number of hydrogen-bond donors (Lipinski definition) is 2. The Morgan fingerprint density at radius 1 is 1.25 bits per heavy atom. The van der Waals surface area contributed by atoms with E-state index in [-0.39, 0.29) is 11.4 Å². The van der Waals surface area contributed by atoms with E-state index in [1.807, 2.05) is 11.6 Å². The molecule has 0 radical (unpaired) electrons. The van der Waals surface area contributed by atoms with E-state index in [9.17, 15) is 17.4 Å². The van der Waals surface area contributed by atoms with Gasteiger partial charge in [-0.05, 0) is 19.1 Å². The first-order valence-corrected chi connectivity index (χ1v) is 9.04. The Morgan fingerprint density at radius 3 is 2.40 bits per heavy atom. The van der Waals surface area contributed by atoms with Gasteiger partial charge in [0, 0.05) is 28.9 Å². The molecule has 1 unspecified atom stereocenters. The van der Waals surface area contributed by atoms with Crippen molar-refractivity contribution in [1.29, 1.82) is 0 Å². The molecule has 0 saturated heterocycles. The van der Waals surface area contributed by atoms with Crippen LogP contribution in [0.15, 0.2) is 29.2 Å². The number of rotatable bonds is 6. The average Bonchev–Trinajstić information content (AvgIpc) is 2.38. The SMILES string of the molecule is CCS(=O)CCNC(=O)NS(=O)(=O)c1ccc(C)cc1. The van der Waals surface area contributed by atoms with E-state index in [0.717, 1.165) is 5.56 Å². The van der Waals surface area contributed by atoms with Crippen molar-refractivity contribution in [1.82, 2.24) is 10.0 Å². The molecule has 1 aromatic rings. The molecule has 0 bridgehead atoms. The first-order chi connectivity index (χ1) is 9.35. The van der Waals surface area contributed by atoms with Crippen molar-refractivity contribution >= 4 is 26.9 Å². The fourth-order valence-corrected chi connectivity index (χ4v) is 2.90. The summed E-state index contributed by atoms with van der Waals surface area (Å²) in [4.78, 5) is 11.5. The zero-order chi connectivity index (χ0) is 15.2. The van der Waals surface area contributed by atoms with Crippen molar-refractivity contribution in [3.05, 3.63) is 29.8 Å². The van der Waals surface area contributed by atoms with Crippen LogP contribution in [0.5, 0.6) is 0 Å². The zero-order valence-electron chi connectivity index (χ0n) is 11.4. The van der Waals surface area contributed by atoms with Gasteiger partial charge in [-0.1, -0.05) is 24.6 Å². The molecular weight excluding hydrogens is 300 g/mol. The van der Waals surface area contributed by atoms with E-state index < -0.39 is 26.9 Å². The number of carbonyl (C=O) groups is 1. The molecule has 112 valence electrons. The highest BCUT2D eigenvalue weighted by Crippen LogP contribution is 2.09. The van der Waals surface area contributed by atoms with Gasteiger partial charge in [-0.25, -0.2) is 17.9 Å². The topological polar surface area (TPSA) is 92.3 Å². The quantitative estimate of drug-likeness (QED) is 0.809. The smallest absolute Gasteiger partial charge is 0.328 e. The van der Waals surface area contributed by atoms with Crippen LogP contribution in [0.4, 0.5) is 4.79 Å². The van der Waals surface area contributed by atoms with Crippen molar-refractivity contribution in [3.63, 3.8) is 0 Å². The summed E-state index contributed by atoms with van der Waals surface area (Å²) in [5.74, 6) is 0.805. The van der Waals surface area contributed by atoms with Crippen LogP contribution >= 0.6 is 0 Å². The fourth-order valence-electron chi connectivity index (χ4n) is 1.36. The van der Waals surface area contributed by atoms with Crippen molar-refractivity contribution < 1.29 is 17.4 Å². The molecule has 0 fully saturated rings. The third kappa shape index (κ3) is 5.30. The molecule has 0 aliphatic heterocycles. The molecule has 8 heteroatoms. The Labute approximate surface area is 121 Å². The molecule has 0 aliphatic rings. The summed E-state index contributed by atoms with van der Waals surface area (Å²) < 4.78 is 36.8. The Hall–Kier alpha value is -1.41. The lowest BCUT2D eigenvalue weighted by atomic mass is 10.2. The van der Waals surface area contributed by atoms with Gasteiger partial charge in [0.2, 0.25) is 0 Å². The molecule has 2 N–H and O–H groups in total. The molecule has 0 heterocycles. The molecule has 0 aromatic heterocycles. The minimum atomic E-state index is -3.87. The first-order valence-electron chi connectivity index (χ1n) is 6.07. The van der Waals surface area contributed by atoms with E-state index >= 15 is 0 Å². The highest BCUT2D eigenvalue weighted by molar-refractivity contribution is 7.90. The third-order valence-corrected chi connectivity index (χ3v) is 5.15. The number of hydrogen-bond acceptors (Lipinski definition) is 4. The highest BCUT2D eigenvalue weighted by Gasteiger charge is 2.16. The van der Waals surface area contributed by atoms with Crippen LogP contribution < -0.4 is 10.0 Å². The fraction of sp³-hybridized carbons (Fsp3) is 0.417. The van der Waals surface area contributed by atoms with Crippen LogP contribution in [0.25, 0.3) is 0 Å². The maximum atomic E-state index is 11.9. The van der Waals surface area contributed by atoms with Gasteiger partial charge in [-0.3, -0.25) is 4.21 Å². The van der Waals surface area contributed by atoms with Gasteiger partial charge in [0.1, 0.15) is 0 Å². The Kier molecular flexibility index (Phi) is 6.15. The van der Waals surface area contributed by atoms with Crippen LogP contribution in [0.2, 0.25) is 0 Å². The number of benzene rings is 1. The predicted octanol–water partition coefficient (Wildman–Crippen LogP) is 0.752. The molecule has 2 amide bonds. The predicted molar refractivity (Wildman–Crippen MR) is 78.4 cm³/mol. The van der Waals surface area contributed by atoms with Gasteiger partial charge in [0.25, 0.3) is 10.0 Å². The summed E-state index contributed by atoms with van der Waals surface area (Å²) in [5, 5.41) is 2.36. The monoisotopic (exact) mass is 318 g/mol. The maximum Gasteiger partial charge on any atom is 0.328 e. The van der Waals surface area contributed by atoms with Crippen LogP contribution in [0, 0.1) is 6.92 Å². The zero-order valence-corrected chi connectivity index (χ0v) is 13.0. The molecule has 0 saturated carbocycles. The van der Waals surface area contributed by atoms with E-state index in [2.05, 4.69) is 5.32 Å². The lowest BCUT2D eigenvalue weighted by molar-refractivity contribution is 0.246. The third-order valence-electron chi connectivity index (χ3n) is 2.50. The second-order valence-electron chi connectivity index (χ2n) is 4.11. The minimum absolute atomic E-state index is 0.0235. The van der Waals surface area contributed by atoms with Crippen molar-refractivity contribution in [3.8, 4) is 0 Å². The Balaban J connectivity index is 2.56. The Morgan fingerprint density at radius 2 is 1.85 bits per heavy atom. The maximum absolute atomic E-state index is 11.9. The molecule has 20 heavy (non-hydrogen) atoms. The number of urea groups is 1. The summed E-state index contributed by atoms with van der Waals surface area (Å²) in [6.45, 7) is 3.78. The molecule has 0 spiro atoms. The summed E-state index contributed by atoms with van der Waals surface area (Å²) in [6, 6.07) is 5.33. The van der Waals surface area contributed by atoms with E-state index in [4.69, 9.17) is 0 Å².